The number of morpholine rings is 1. The number of anilines is 2. The summed E-state index contributed by atoms with van der Waals surface area (Å²) in [7, 11) is 0. The van der Waals surface area contributed by atoms with E-state index >= 15 is 0 Å². The molecule has 1 atom stereocenters. The first kappa shape index (κ1) is 21.3. The van der Waals surface area contributed by atoms with Gasteiger partial charge in [-0.3, -0.25) is 4.79 Å². The molecule has 0 bridgehead atoms. The Kier molecular flexibility index (Phi) is 6.38. The summed E-state index contributed by atoms with van der Waals surface area (Å²) in [4.78, 5) is 25.6. The van der Waals surface area contributed by atoms with Crippen molar-refractivity contribution in [2.45, 2.75) is 19.4 Å². The van der Waals surface area contributed by atoms with Gasteiger partial charge in [0.05, 0.1) is 19.1 Å². The van der Waals surface area contributed by atoms with Crippen LogP contribution in [0, 0.1) is 5.92 Å². The third-order valence-electron chi connectivity index (χ3n) is 6.02. The van der Waals surface area contributed by atoms with E-state index in [2.05, 4.69) is 40.4 Å². The van der Waals surface area contributed by atoms with E-state index < -0.39 is 0 Å². The third-order valence-corrected chi connectivity index (χ3v) is 6.02. The molecule has 3 aromatic heterocycles. The molecule has 2 fully saturated rings. The molecule has 3 aromatic rings. The van der Waals surface area contributed by atoms with Crippen LogP contribution in [0.2, 0.25) is 0 Å². The van der Waals surface area contributed by atoms with E-state index in [1.165, 1.54) is 6.33 Å². The monoisotopic (exact) mass is 449 g/mol. The number of piperidine rings is 1. The zero-order valence-electron chi connectivity index (χ0n) is 18.4. The number of rotatable bonds is 6. The van der Waals surface area contributed by atoms with Crippen LogP contribution in [0.1, 0.15) is 18.4 Å². The van der Waals surface area contributed by atoms with E-state index in [1.54, 1.807) is 17.2 Å². The smallest absolute Gasteiger partial charge is 0.225 e. The van der Waals surface area contributed by atoms with Gasteiger partial charge in [-0.25, -0.2) is 14.6 Å². The first-order chi connectivity index (χ1) is 16.3. The first-order valence-corrected chi connectivity index (χ1v) is 11.3. The Labute approximate surface area is 191 Å². The van der Waals surface area contributed by atoms with E-state index in [1.807, 2.05) is 24.3 Å². The van der Waals surface area contributed by atoms with Gasteiger partial charge in [0, 0.05) is 38.9 Å². The number of nitrogens with one attached hydrogen (secondary N) is 1. The van der Waals surface area contributed by atoms with Gasteiger partial charge < -0.3 is 19.9 Å². The maximum Gasteiger partial charge on any atom is 0.225 e. The van der Waals surface area contributed by atoms with Crippen molar-refractivity contribution >= 4 is 17.5 Å². The van der Waals surface area contributed by atoms with Crippen molar-refractivity contribution in [2.24, 2.45) is 5.92 Å². The van der Waals surface area contributed by atoms with E-state index in [0.717, 1.165) is 49.7 Å². The predicted octanol–water partition coefficient (Wildman–Crippen LogP) is 0.822. The lowest BCUT2D eigenvalue weighted by Gasteiger charge is -2.32. The van der Waals surface area contributed by atoms with E-state index in [0.29, 0.717) is 32.1 Å². The molecule has 172 valence electrons. The number of ether oxygens (including phenoxy) is 1. The minimum absolute atomic E-state index is 0.0663. The van der Waals surface area contributed by atoms with Crippen molar-refractivity contribution < 1.29 is 9.53 Å². The normalized spacial score (nSPS) is 18.8. The summed E-state index contributed by atoms with van der Waals surface area (Å²) in [5.41, 5.74) is 1.04. The fraction of sp³-hybridized carbons (Fsp3) is 0.455. The lowest BCUT2D eigenvalue weighted by atomic mass is 9.97. The molecule has 5 rings (SSSR count). The average Bonchev–Trinajstić information content (AvgIpc) is 3.43. The van der Waals surface area contributed by atoms with E-state index in [-0.39, 0.29) is 11.8 Å². The van der Waals surface area contributed by atoms with Crippen molar-refractivity contribution in [2.75, 3.05) is 49.2 Å². The number of carbonyl (C=O) groups is 1. The minimum Gasteiger partial charge on any atom is -0.378 e. The zero-order valence-corrected chi connectivity index (χ0v) is 18.4. The summed E-state index contributed by atoms with van der Waals surface area (Å²) in [5, 5.41) is 15.7. The predicted molar refractivity (Wildman–Crippen MR) is 121 cm³/mol. The van der Waals surface area contributed by atoms with E-state index in [4.69, 9.17) is 4.74 Å². The summed E-state index contributed by atoms with van der Waals surface area (Å²) in [6, 6.07) is 7.76. The molecule has 0 radical (unpaired) electrons. The standard InChI is InChI=1S/C22H27N9O2/c32-22(25-13-17-5-6-24-21(12-17)29-8-10-33-11-9-29)18-2-1-7-30(14-18)19-3-4-20(28-27-19)31-16-23-15-26-31/h3-6,12,15-16,18H,1-2,7-11,13-14H2,(H,25,32). The largest absolute Gasteiger partial charge is 0.378 e. The third kappa shape index (κ3) is 5.08. The van der Waals surface area contributed by atoms with Crippen LogP contribution in [0.3, 0.4) is 0 Å². The quantitative estimate of drug-likeness (QED) is 0.584. The number of aromatic nitrogens is 6. The molecule has 1 N–H and O–H groups in total. The summed E-state index contributed by atoms with van der Waals surface area (Å²) < 4.78 is 6.98. The van der Waals surface area contributed by atoms with Crippen LogP contribution in [-0.4, -0.2) is 75.2 Å². The van der Waals surface area contributed by atoms with Crippen LogP contribution in [0.5, 0.6) is 0 Å². The van der Waals surface area contributed by atoms with Gasteiger partial charge >= 0.3 is 0 Å². The summed E-state index contributed by atoms with van der Waals surface area (Å²) in [5.74, 6) is 2.28. The van der Waals surface area contributed by atoms with Gasteiger partial charge in [-0.15, -0.1) is 10.2 Å². The second kappa shape index (κ2) is 9.90. The first-order valence-electron chi connectivity index (χ1n) is 11.3. The van der Waals surface area contributed by atoms with Crippen molar-refractivity contribution in [3.05, 3.63) is 48.7 Å². The SMILES string of the molecule is O=C(NCc1ccnc(N2CCOCC2)c1)C1CCCN(c2ccc(-n3cncn3)nn2)C1. The summed E-state index contributed by atoms with van der Waals surface area (Å²) >= 11 is 0. The van der Waals surface area contributed by atoms with Crippen LogP contribution >= 0.6 is 0 Å². The Morgan fingerprint density at radius 2 is 1.91 bits per heavy atom. The van der Waals surface area contributed by atoms with Crippen LogP contribution in [0.25, 0.3) is 5.82 Å². The molecule has 0 saturated carbocycles. The summed E-state index contributed by atoms with van der Waals surface area (Å²) in [6.07, 6.45) is 6.63. The van der Waals surface area contributed by atoms with Crippen molar-refractivity contribution in [3.8, 4) is 5.82 Å². The maximum absolute atomic E-state index is 12.9. The highest BCUT2D eigenvalue weighted by atomic mass is 16.5. The fourth-order valence-electron chi connectivity index (χ4n) is 4.20. The van der Waals surface area contributed by atoms with Crippen LogP contribution in [-0.2, 0) is 16.1 Å². The minimum atomic E-state index is -0.0870. The zero-order chi connectivity index (χ0) is 22.5. The number of nitrogens with zero attached hydrogens (tertiary/aromatic N) is 8. The molecule has 33 heavy (non-hydrogen) atoms. The summed E-state index contributed by atoms with van der Waals surface area (Å²) in [6.45, 7) is 5.07. The topological polar surface area (TPSA) is 114 Å². The Hall–Kier alpha value is -3.60. The van der Waals surface area contributed by atoms with Crippen LogP contribution in [0.4, 0.5) is 11.6 Å². The second-order valence-corrected chi connectivity index (χ2v) is 8.21. The molecule has 0 aromatic carbocycles. The van der Waals surface area contributed by atoms with Crippen molar-refractivity contribution in [3.63, 3.8) is 0 Å². The highest BCUT2D eigenvalue weighted by Crippen LogP contribution is 2.22. The lowest BCUT2D eigenvalue weighted by molar-refractivity contribution is -0.125. The maximum atomic E-state index is 12.9. The molecule has 2 aliphatic rings. The van der Waals surface area contributed by atoms with Gasteiger partial charge in [-0.1, -0.05) is 0 Å². The molecular formula is C22H27N9O2. The van der Waals surface area contributed by atoms with Crippen LogP contribution in [0.15, 0.2) is 43.1 Å². The molecule has 1 unspecified atom stereocenters. The number of hydrogen-bond donors (Lipinski definition) is 1. The number of amides is 1. The van der Waals surface area contributed by atoms with Gasteiger partial charge in [0.15, 0.2) is 11.6 Å². The molecule has 5 heterocycles. The second-order valence-electron chi connectivity index (χ2n) is 8.21. The Morgan fingerprint density at radius 3 is 2.70 bits per heavy atom. The molecule has 0 aliphatic carbocycles. The molecule has 11 nitrogen and oxygen atoms in total. The van der Waals surface area contributed by atoms with Gasteiger partial charge in [-0.2, -0.15) is 5.10 Å². The Balaban J connectivity index is 1.17. The fourth-order valence-corrected chi connectivity index (χ4v) is 4.20. The Morgan fingerprint density at radius 1 is 1.06 bits per heavy atom. The molecular weight excluding hydrogens is 422 g/mol. The average molecular weight is 450 g/mol. The highest BCUT2D eigenvalue weighted by Gasteiger charge is 2.26. The Bertz CT molecular complexity index is 1050. The molecule has 0 spiro atoms. The molecule has 2 saturated heterocycles. The van der Waals surface area contributed by atoms with Gasteiger partial charge in [0.2, 0.25) is 5.91 Å². The molecule has 2 aliphatic heterocycles. The van der Waals surface area contributed by atoms with Gasteiger partial charge in [0.1, 0.15) is 18.5 Å². The van der Waals surface area contributed by atoms with E-state index in [9.17, 15) is 4.79 Å². The number of pyridine rings is 1. The molecule has 11 heteroatoms. The van der Waals surface area contributed by atoms with Crippen LogP contribution < -0.4 is 15.1 Å². The lowest BCUT2D eigenvalue weighted by Crippen LogP contribution is -2.43. The number of hydrogen-bond acceptors (Lipinski definition) is 9. The highest BCUT2D eigenvalue weighted by molar-refractivity contribution is 5.79. The van der Waals surface area contributed by atoms with Gasteiger partial charge in [-0.05, 0) is 42.7 Å². The van der Waals surface area contributed by atoms with Crippen molar-refractivity contribution in [1.82, 2.24) is 35.3 Å². The number of carbonyl (C=O) groups excluding carboxylic acids is 1. The molecule has 1 amide bonds. The van der Waals surface area contributed by atoms with Crippen molar-refractivity contribution in [1.29, 1.82) is 0 Å². The van der Waals surface area contributed by atoms with Gasteiger partial charge in [0.25, 0.3) is 0 Å².